The summed E-state index contributed by atoms with van der Waals surface area (Å²) in [6.45, 7) is 9.40. The molecule has 1 aromatic heterocycles. The van der Waals surface area contributed by atoms with E-state index in [9.17, 15) is 0 Å². The number of hydrogen-bond acceptors (Lipinski definition) is 3. The fourth-order valence-electron chi connectivity index (χ4n) is 2.63. The Morgan fingerprint density at radius 3 is 3.18 bits per heavy atom. The molecule has 0 spiro atoms. The summed E-state index contributed by atoms with van der Waals surface area (Å²) in [5, 5.41) is 8.07. The van der Waals surface area contributed by atoms with Crippen molar-refractivity contribution < 1.29 is 0 Å². The lowest BCUT2D eigenvalue weighted by molar-refractivity contribution is 0.157. The van der Waals surface area contributed by atoms with E-state index in [-0.39, 0.29) is 0 Å². The van der Waals surface area contributed by atoms with Gasteiger partial charge >= 0.3 is 0 Å². The van der Waals surface area contributed by atoms with Gasteiger partial charge in [0, 0.05) is 19.1 Å². The fraction of sp³-hybridized carbons (Fsp3) is 0.714. The van der Waals surface area contributed by atoms with Crippen LogP contribution in [-0.2, 0) is 6.54 Å². The van der Waals surface area contributed by atoms with Gasteiger partial charge in [-0.3, -0.25) is 0 Å². The van der Waals surface area contributed by atoms with E-state index >= 15 is 0 Å². The lowest BCUT2D eigenvalue weighted by Crippen LogP contribution is -2.44. The maximum absolute atomic E-state index is 3.68. The Hall–Kier alpha value is -0.380. The Bertz CT molecular complexity index is 310. The van der Waals surface area contributed by atoms with Crippen molar-refractivity contribution in [3.8, 4) is 0 Å². The molecule has 0 aliphatic carbocycles. The van der Waals surface area contributed by atoms with Crippen molar-refractivity contribution in [1.29, 1.82) is 0 Å². The Balaban J connectivity index is 1.76. The molecule has 0 bridgehead atoms. The molecule has 2 unspecified atom stereocenters. The van der Waals surface area contributed by atoms with Gasteiger partial charge in [0.15, 0.2) is 0 Å². The smallest absolute Gasteiger partial charge is 0.0216 e. The predicted molar refractivity (Wildman–Crippen MR) is 75.5 cm³/mol. The van der Waals surface area contributed by atoms with Gasteiger partial charge < -0.3 is 10.2 Å². The average Bonchev–Trinajstić information content (AvgIpc) is 2.89. The first kappa shape index (κ1) is 13.1. The van der Waals surface area contributed by atoms with Gasteiger partial charge in [-0.15, -0.1) is 0 Å². The molecular formula is C14H24N2S. The molecule has 0 saturated carbocycles. The minimum atomic E-state index is 0.629. The van der Waals surface area contributed by atoms with Gasteiger partial charge in [-0.2, -0.15) is 11.3 Å². The predicted octanol–water partition coefficient (Wildman–Crippen LogP) is 2.96. The molecule has 0 amide bonds. The van der Waals surface area contributed by atoms with Gasteiger partial charge in [-0.05, 0) is 61.2 Å². The lowest BCUT2D eigenvalue weighted by atomic mass is 9.91. The van der Waals surface area contributed by atoms with Crippen molar-refractivity contribution in [3.05, 3.63) is 22.4 Å². The molecular weight excluding hydrogens is 228 g/mol. The van der Waals surface area contributed by atoms with Crippen LogP contribution in [0, 0.1) is 5.92 Å². The van der Waals surface area contributed by atoms with E-state index in [1.165, 1.54) is 38.0 Å². The van der Waals surface area contributed by atoms with Crippen molar-refractivity contribution >= 4 is 11.3 Å². The molecule has 0 aromatic carbocycles. The molecule has 2 nitrogen and oxygen atoms in total. The minimum absolute atomic E-state index is 0.629. The van der Waals surface area contributed by atoms with E-state index in [2.05, 4.69) is 40.9 Å². The first-order chi connectivity index (χ1) is 8.29. The van der Waals surface area contributed by atoms with E-state index < -0.39 is 0 Å². The maximum Gasteiger partial charge on any atom is 0.0216 e. The zero-order valence-corrected chi connectivity index (χ0v) is 11.8. The van der Waals surface area contributed by atoms with E-state index in [0.717, 1.165) is 12.5 Å². The molecule has 3 heteroatoms. The molecule has 1 aromatic rings. The van der Waals surface area contributed by atoms with Gasteiger partial charge in [0.25, 0.3) is 0 Å². The highest BCUT2D eigenvalue weighted by atomic mass is 32.1. The lowest BCUT2D eigenvalue weighted by Gasteiger charge is -2.35. The summed E-state index contributed by atoms with van der Waals surface area (Å²) in [4.78, 5) is 2.58. The van der Waals surface area contributed by atoms with E-state index in [1.54, 1.807) is 11.3 Å². The normalized spacial score (nSPS) is 23.8. The highest BCUT2D eigenvalue weighted by molar-refractivity contribution is 7.07. The zero-order valence-electron chi connectivity index (χ0n) is 11.0. The largest absolute Gasteiger partial charge is 0.310 e. The van der Waals surface area contributed by atoms with Gasteiger partial charge in [-0.1, -0.05) is 6.92 Å². The SMILES string of the molecule is CCN1CCCC(C(C)NCc2ccsc2)C1. The van der Waals surface area contributed by atoms with E-state index in [4.69, 9.17) is 0 Å². The Kier molecular flexibility index (Phi) is 5.01. The highest BCUT2D eigenvalue weighted by Gasteiger charge is 2.23. The van der Waals surface area contributed by atoms with Crippen LogP contribution in [0.5, 0.6) is 0 Å². The number of likely N-dealkylation sites (tertiary alicyclic amines) is 1. The minimum Gasteiger partial charge on any atom is -0.310 e. The van der Waals surface area contributed by atoms with Crippen LogP contribution in [0.1, 0.15) is 32.3 Å². The number of nitrogens with zero attached hydrogens (tertiary/aromatic N) is 1. The Morgan fingerprint density at radius 2 is 2.47 bits per heavy atom. The second kappa shape index (κ2) is 6.53. The number of thiophene rings is 1. The van der Waals surface area contributed by atoms with E-state index in [1.807, 2.05) is 0 Å². The van der Waals surface area contributed by atoms with Crippen LogP contribution in [0.25, 0.3) is 0 Å². The molecule has 2 atom stereocenters. The van der Waals surface area contributed by atoms with Crippen LogP contribution < -0.4 is 5.32 Å². The monoisotopic (exact) mass is 252 g/mol. The third kappa shape index (κ3) is 3.80. The second-order valence-electron chi connectivity index (χ2n) is 5.10. The van der Waals surface area contributed by atoms with Gasteiger partial charge in [0.1, 0.15) is 0 Å². The van der Waals surface area contributed by atoms with Crippen molar-refractivity contribution in [1.82, 2.24) is 10.2 Å². The number of piperidine rings is 1. The first-order valence-corrected chi connectivity index (χ1v) is 7.70. The topological polar surface area (TPSA) is 15.3 Å². The molecule has 1 N–H and O–H groups in total. The average molecular weight is 252 g/mol. The van der Waals surface area contributed by atoms with Crippen molar-refractivity contribution in [2.75, 3.05) is 19.6 Å². The van der Waals surface area contributed by atoms with E-state index in [0.29, 0.717) is 6.04 Å². The molecule has 1 fully saturated rings. The highest BCUT2D eigenvalue weighted by Crippen LogP contribution is 2.19. The summed E-state index contributed by atoms with van der Waals surface area (Å²) in [6.07, 6.45) is 2.75. The van der Waals surface area contributed by atoms with Gasteiger partial charge in [0.05, 0.1) is 0 Å². The van der Waals surface area contributed by atoms with Crippen molar-refractivity contribution in [2.24, 2.45) is 5.92 Å². The van der Waals surface area contributed by atoms with Crippen molar-refractivity contribution in [3.63, 3.8) is 0 Å². The molecule has 1 aliphatic heterocycles. The van der Waals surface area contributed by atoms with Crippen LogP contribution in [0.2, 0.25) is 0 Å². The summed E-state index contributed by atoms with van der Waals surface area (Å²) >= 11 is 1.78. The quantitative estimate of drug-likeness (QED) is 0.867. The molecule has 2 rings (SSSR count). The number of rotatable bonds is 5. The standard InChI is InChI=1S/C14H24N2S/c1-3-16-7-4-5-14(10-16)12(2)15-9-13-6-8-17-11-13/h6,8,11-12,14-15H,3-5,7,9-10H2,1-2H3. The molecule has 17 heavy (non-hydrogen) atoms. The van der Waals surface area contributed by atoms with Crippen LogP contribution in [0.15, 0.2) is 16.8 Å². The molecule has 1 aliphatic rings. The molecule has 96 valence electrons. The van der Waals surface area contributed by atoms with Crippen LogP contribution in [0.4, 0.5) is 0 Å². The third-order valence-electron chi connectivity index (χ3n) is 3.90. The maximum atomic E-state index is 3.68. The first-order valence-electron chi connectivity index (χ1n) is 6.76. The number of nitrogens with one attached hydrogen (secondary N) is 1. The summed E-state index contributed by atoms with van der Waals surface area (Å²) < 4.78 is 0. The second-order valence-corrected chi connectivity index (χ2v) is 5.88. The molecule has 1 saturated heterocycles. The summed E-state index contributed by atoms with van der Waals surface area (Å²) in [5.74, 6) is 0.822. The zero-order chi connectivity index (χ0) is 12.1. The summed E-state index contributed by atoms with van der Waals surface area (Å²) in [7, 11) is 0. The summed E-state index contributed by atoms with van der Waals surface area (Å²) in [6, 6.07) is 2.84. The third-order valence-corrected chi connectivity index (χ3v) is 4.64. The van der Waals surface area contributed by atoms with Gasteiger partial charge in [0.2, 0.25) is 0 Å². The Morgan fingerprint density at radius 1 is 1.59 bits per heavy atom. The van der Waals surface area contributed by atoms with Gasteiger partial charge in [-0.25, -0.2) is 0 Å². The van der Waals surface area contributed by atoms with Crippen LogP contribution >= 0.6 is 11.3 Å². The fourth-order valence-corrected chi connectivity index (χ4v) is 3.29. The molecule has 0 radical (unpaired) electrons. The molecule has 2 heterocycles. The van der Waals surface area contributed by atoms with Crippen LogP contribution in [0.3, 0.4) is 0 Å². The Labute approximate surface area is 109 Å². The number of hydrogen-bond donors (Lipinski definition) is 1. The van der Waals surface area contributed by atoms with Crippen LogP contribution in [-0.4, -0.2) is 30.6 Å². The van der Waals surface area contributed by atoms with Crippen molar-refractivity contribution in [2.45, 2.75) is 39.3 Å². The summed E-state index contributed by atoms with van der Waals surface area (Å²) in [5.41, 5.74) is 1.42.